The molecule has 1 heterocycles. The minimum Gasteiger partial charge on any atom is -0.478 e. The predicted molar refractivity (Wildman–Crippen MR) is 102 cm³/mol. The first-order valence-electron chi connectivity index (χ1n) is 8.79. The van der Waals surface area contributed by atoms with Gasteiger partial charge in [0.15, 0.2) is 0 Å². The maximum Gasteiger partial charge on any atom is 0.337 e. The van der Waals surface area contributed by atoms with E-state index in [0.29, 0.717) is 31.0 Å². The lowest BCUT2D eigenvalue weighted by Gasteiger charge is -2.36. The van der Waals surface area contributed by atoms with Crippen molar-refractivity contribution >= 4 is 23.3 Å². The van der Waals surface area contributed by atoms with Crippen LogP contribution >= 0.6 is 0 Å². The van der Waals surface area contributed by atoms with Crippen LogP contribution in [0.3, 0.4) is 0 Å². The molecule has 0 spiro atoms. The lowest BCUT2D eigenvalue weighted by atomic mass is 10.1. The standard InChI is InChI=1S/C20H22FN3O3/c1-14(25)22-17-5-6-19(18(12-17)20(26)27)24-9-7-23(8-10-24)13-15-3-2-4-16(21)11-15/h2-6,11-12H,7-10,13H2,1H3,(H,22,25)(H,26,27). The van der Waals surface area contributed by atoms with Crippen molar-refractivity contribution in [2.24, 2.45) is 0 Å². The number of carboxylic acids is 1. The quantitative estimate of drug-likeness (QED) is 0.846. The van der Waals surface area contributed by atoms with Crippen molar-refractivity contribution in [3.05, 3.63) is 59.4 Å². The van der Waals surface area contributed by atoms with Gasteiger partial charge in [0, 0.05) is 45.3 Å². The molecule has 6 nitrogen and oxygen atoms in total. The molecule has 1 amide bonds. The minimum absolute atomic E-state index is 0.167. The second kappa shape index (κ2) is 8.18. The third kappa shape index (κ3) is 4.83. The summed E-state index contributed by atoms with van der Waals surface area (Å²) in [5.74, 6) is -1.51. The lowest BCUT2D eigenvalue weighted by molar-refractivity contribution is -0.114. The molecule has 1 fully saturated rings. The molecule has 2 aromatic rings. The Balaban J connectivity index is 1.68. The summed E-state index contributed by atoms with van der Waals surface area (Å²) in [6, 6.07) is 11.5. The second-order valence-electron chi connectivity index (χ2n) is 6.61. The Kier molecular flexibility index (Phi) is 5.71. The molecule has 1 saturated heterocycles. The number of carboxylic acid groups (broad SMARTS) is 1. The van der Waals surface area contributed by atoms with Crippen molar-refractivity contribution in [2.75, 3.05) is 36.4 Å². The summed E-state index contributed by atoms with van der Waals surface area (Å²) in [6.45, 7) is 4.90. The van der Waals surface area contributed by atoms with Crippen LogP contribution in [0, 0.1) is 5.82 Å². The number of carbonyl (C=O) groups excluding carboxylic acids is 1. The summed E-state index contributed by atoms with van der Waals surface area (Å²) in [4.78, 5) is 27.1. The highest BCUT2D eigenvalue weighted by Crippen LogP contribution is 2.26. The van der Waals surface area contributed by atoms with Crippen molar-refractivity contribution in [1.82, 2.24) is 4.90 Å². The average molecular weight is 371 g/mol. The van der Waals surface area contributed by atoms with E-state index in [1.807, 2.05) is 11.0 Å². The van der Waals surface area contributed by atoms with Gasteiger partial charge in [-0.25, -0.2) is 9.18 Å². The van der Waals surface area contributed by atoms with Gasteiger partial charge >= 0.3 is 5.97 Å². The van der Waals surface area contributed by atoms with Gasteiger partial charge in [-0.15, -0.1) is 0 Å². The zero-order chi connectivity index (χ0) is 19.4. The number of benzene rings is 2. The number of amides is 1. The molecule has 7 heteroatoms. The molecule has 0 unspecified atom stereocenters. The van der Waals surface area contributed by atoms with Crippen molar-refractivity contribution < 1.29 is 19.1 Å². The molecule has 2 N–H and O–H groups in total. The van der Waals surface area contributed by atoms with Gasteiger partial charge in [0.1, 0.15) is 5.82 Å². The smallest absolute Gasteiger partial charge is 0.337 e. The number of nitrogens with one attached hydrogen (secondary N) is 1. The number of anilines is 2. The molecule has 0 aromatic heterocycles. The van der Waals surface area contributed by atoms with Gasteiger partial charge in [0.2, 0.25) is 5.91 Å². The van der Waals surface area contributed by atoms with E-state index in [0.717, 1.165) is 18.7 Å². The Labute approximate surface area is 157 Å². The molecular formula is C20H22FN3O3. The van der Waals surface area contributed by atoms with E-state index in [1.54, 1.807) is 18.2 Å². The zero-order valence-corrected chi connectivity index (χ0v) is 15.1. The van der Waals surface area contributed by atoms with E-state index in [9.17, 15) is 19.1 Å². The number of halogens is 1. The van der Waals surface area contributed by atoms with E-state index in [4.69, 9.17) is 0 Å². The summed E-state index contributed by atoms with van der Waals surface area (Å²) < 4.78 is 13.3. The molecule has 2 aromatic carbocycles. The third-order valence-corrected chi connectivity index (χ3v) is 4.56. The second-order valence-corrected chi connectivity index (χ2v) is 6.61. The molecule has 0 saturated carbocycles. The first-order valence-corrected chi connectivity index (χ1v) is 8.79. The maximum absolute atomic E-state index is 13.3. The van der Waals surface area contributed by atoms with Crippen LogP contribution in [0.15, 0.2) is 42.5 Å². The summed E-state index contributed by atoms with van der Waals surface area (Å²) in [7, 11) is 0. The SMILES string of the molecule is CC(=O)Nc1ccc(N2CCN(Cc3cccc(F)c3)CC2)c(C(=O)O)c1. The van der Waals surface area contributed by atoms with E-state index in [1.165, 1.54) is 25.1 Å². The van der Waals surface area contributed by atoms with E-state index >= 15 is 0 Å². The Bertz CT molecular complexity index is 848. The van der Waals surface area contributed by atoms with Gasteiger partial charge in [0.05, 0.1) is 11.3 Å². The van der Waals surface area contributed by atoms with Gasteiger partial charge in [-0.3, -0.25) is 9.69 Å². The third-order valence-electron chi connectivity index (χ3n) is 4.56. The fourth-order valence-electron chi connectivity index (χ4n) is 3.30. The van der Waals surface area contributed by atoms with Crippen molar-refractivity contribution in [1.29, 1.82) is 0 Å². The topological polar surface area (TPSA) is 72.9 Å². The largest absolute Gasteiger partial charge is 0.478 e. The first-order chi connectivity index (χ1) is 12.9. The molecule has 1 aliphatic heterocycles. The molecule has 0 bridgehead atoms. The van der Waals surface area contributed by atoms with E-state index in [-0.39, 0.29) is 17.3 Å². The van der Waals surface area contributed by atoms with Crippen LogP contribution in [-0.2, 0) is 11.3 Å². The summed E-state index contributed by atoms with van der Waals surface area (Å²) >= 11 is 0. The molecule has 27 heavy (non-hydrogen) atoms. The van der Waals surface area contributed by atoms with Crippen LogP contribution in [0.5, 0.6) is 0 Å². The summed E-state index contributed by atoms with van der Waals surface area (Å²) in [6.07, 6.45) is 0. The maximum atomic E-state index is 13.3. The normalized spacial score (nSPS) is 14.8. The molecule has 1 aliphatic rings. The number of carbonyl (C=O) groups is 2. The predicted octanol–water partition coefficient (Wildman–Crippen LogP) is 2.80. The van der Waals surface area contributed by atoms with Crippen LogP contribution in [0.4, 0.5) is 15.8 Å². The molecule has 0 atom stereocenters. The van der Waals surface area contributed by atoms with E-state index < -0.39 is 5.97 Å². The van der Waals surface area contributed by atoms with Crippen LogP contribution in [0.1, 0.15) is 22.8 Å². The summed E-state index contributed by atoms with van der Waals surface area (Å²) in [5.41, 5.74) is 2.20. The van der Waals surface area contributed by atoms with E-state index in [2.05, 4.69) is 10.2 Å². The fraction of sp³-hybridized carbons (Fsp3) is 0.300. The highest BCUT2D eigenvalue weighted by molar-refractivity contribution is 5.97. The first kappa shape index (κ1) is 18.8. The van der Waals surface area contributed by atoms with Crippen LogP contribution in [0.2, 0.25) is 0 Å². The molecule has 0 aliphatic carbocycles. The van der Waals surface area contributed by atoms with Crippen LogP contribution in [0.25, 0.3) is 0 Å². The van der Waals surface area contributed by atoms with Crippen LogP contribution < -0.4 is 10.2 Å². The molecule has 142 valence electrons. The number of rotatable bonds is 5. The molecular weight excluding hydrogens is 349 g/mol. The number of aromatic carboxylic acids is 1. The Morgan fingerprint density at radius 2 is 1.85 bits per heavy atom. The Morgan fingerprint density at radius 3 is 2.48 bits per heavy atom. The van der Waals surface area contributed by atoms with Gasteiger partial charge in [-0.05, 0) is 35.9 Å². The fourth-order valence-corrected chi connectivity index (χ4v) is 3.30. The lowest BCUT2D eigenvalue weighted by Crippen LogP contribution is -2.46. The molecule has 3 rings (SSSR count). The number of hydrogen-bond donors (Lipinski definition) is 2. The van der Waals surface area contributed by atoms with Crippen molar-refractivity contribution in [3.63, 3.8) is 0 Å². The zero-order valence-electron chi connectivity index (χ0n) is 15.1. The van der Waals surface area contributed by atoms with Gasteiger partial charge in [0.25, 0.3) is 0 Å². The van der Waals surface area contributed by atoms with Crippen molar-refractivity contribution in [3.8, 4) is 0 Å². The minimum atomic E-state index is -1.03. The van der Waals surface area contributed by atoms with Gasteiger partial charge in [-0.1, -0.05) is 12.1 Å². The Morgan fingerprint density at radius 1 is 1.11 bits per heavy atom. The average Bonchev–Trinajstić information content (AvgIpc) is 2.62. The summed E-state index contributed by atoms with van der Waals surface area (Å²) in [5, 5.41) is 12.2. The van der Waals surface area contributed by atoms with Gasteiger partial charge < -0.3 is 15.3 Å². The highest BCUT2D eigenvalue weighted by atomic mass is 19.1. The number of nitrogens with zero attached hydrogens (tertiary/aromatic N) is 2. The monoisotopic (exact) mass is 371 g/mol. The van der Waals surface area contributed by atoms with Crippen LogP contribution in [-0.4, -0.2) is 48.1 Å². The van der Waals surface area contributed by atoms with Gasteiger partial charge in [-0.2, -0.15) is 0 Å². The highest BCUT2D eigenvalue weighted by Gasteiger charge is 2.22. The number of piperazine rings is 1. The Hall–Kier alpha value is -2.93. The molecule has 0 radical (unpaired) electrons. The van der Waals surface area contributed by atoms with Crippen molar-refractivity contribution in [2.45, 2.75) is 13.5 Å². The number of hydrogen-bond acceptors (Lipinski definition) is 4.